The summed E-state index contributed by atoms with van der Waals surface area (Å²) < 4.78 is 5.18. The topological polar surface area (TPSA) is 45.1 Å². The standard InChI is InChI=1S/C13H19N3O2/c1-15(2)11-6-7-16(9-11)10-4-5-12(14-17)13(8-10)18-3/h4-5,8,11H,6-7,9H2,1-3H3. The molecule has 5 heteroatoms. The summed E-state index contributed by atoms with van der Waals surface area (Å²) >= 11 is 0. The first-order valence-electron chi connectivity index (χ1n) is 6.08. The van der Waals surface area contributed by atoms with E-state index in [4.69, 9.17) is 4.74 Å². The van der Waals surface area contributed by atoms with Gasteiger partial charge in [-0.1, -0.05) is 0 Å². The van der Waals surface area contributed by atoms with Gasteiger partial charge in [-0.25, -0.2) is 0 Å². The zero-order chi connectivity index (χ0) is 13.1. The Morgan fingerprint density at radius 3 is 2.78 bits per heavy atom. The first-order valence-corrected chi connectivity index (χ1v) is 6.08. The smallest absolute Gasteiger partial charge is 0.150 e. The predicted molar refractivity (Wildman–Crippen MR) is 72.8 cm³/mol. The van der Waals surface area contributed by atoms with Crippen LogP contribution >= 0.6 is 0 Å². The van der Waals surface area contributed by atoms with Crippen LogP contribution in [0.2, 0.25) is 0 Å². The van der Waals surface area contributed by atoms with E-state index in [1.807, 2.05) is 12.1 Å². The minimum absolute atomic E-state index is 0.351. The number of rotatable bonds is 4. The van der Waals surface area contributed by atoms with E-state index in [0.717, 1.165) is 25.2 Å². The summed E-state index contributed by atoms with van der Waals surface area (Å²) in [5.74, 6) is 0.538. The Morgan fingerprint density at radius 2 is 2.22 bits per heavy atom. The second kappa shape index (κ2) is 5.35. The summed E-state index contributed by atoms with van der Waals surface area (Å²) in [6.07, 6.45) is 1.16. The van der Waals surface area contributed by atoms with Crippen LogP contribution in [0.1, 0.15) is 6.42 Å². The third-order valence-electron chi connectivity index (χ3n) is 3.52. The van der Waals surface area contributed by atoms with E-state index in [2.05, 4.69) is 29.1 Å². The summed E-state index contributed by atoms with van der Waals surface area (Å²) in [6, 6.07) is 6.11. The average molecular weight is 249 g/mol. The van der Waals surface area contributed by atoms with Crippen molar-refractivity contribution in [2.75, 3.05) is 39.2 Å². The minimum Gasteiger partial charge on any atom is -0.494 e. The summed E-state index contributed by atoms with van der Waals surface area (Å²) in [7, 11) is 5.77. The maximum absolute atomic E-state index is 10.6. The molecule has 0 bridgehead atoms. The Labute approximate surface area is 107 Å². The number of nitrogens with zero attached hydrogens (tertiary/aromatic N) is 3. The van der Waals surface area contributed by atoms with Crippen LogP contribution in [0.15, 0.2) is 23.4 Å². The molecule has 1 saturated heterocycles. The lowest BCUT2D eigenvalue weighted by molar-refractivity contribution is 0.315. The van der Waals surface area contributed by atoms with Gasteiger partial charge in [-0.15, -0.1) is 4.91 Å². The average Bonchev–Trinajstić information content (AvgIpc) is 2.87. The fourth-order valence-electron chi connectivity index (χ4n) is 2.34. The molecule has 1 heterocycles. The van der Waals surface area contributed by atoms with Crippen molar-refractivity contribution in [3.8, 4) is 5.75 Å². The molecule has 0 amide bonds. The van der Waals surface area contributed by atoms with Crippen molar-refractivity contribution in [2.45, 2.75) is 12.5 Å². The summed E-state index contributed by atoms with van der Waals surface area (Å²) in [5, 5.41) is 2.95. The van der Waals surface area contributed by atoms with E-state index >= 15 is 0 Å². The number of ether oxygens (including phenoxy) is 1. The summed E-state index contributed by atoms with van der Waals surface area (Å²) in [6.45, 7) is 2.03. The number of hydrogen-bond donors (Lipinski definition) is 0. The zero-order valence-corrected chi connectivity index (χ0v) is 11.1. The normalized spacial score (nSPS) is 19.3. The van der Waals surface area contributed by atoms with Crippen LogP contribution in [0.25, 0.3) is 0 Å². The van der Waals surface area contributed by atoms with Gasteiger partial charge in [0.2, 0.25) is 0 Å². The van der Waals surface area contributed by atoms with Gasteiger partial charge < -0.3 is 14.5 Å². The third kappa shape index (κ3) is 2.46. The van der Waals surface area contributed by atoms with Crippen LogP contribution in [0.4, 0.5) is 11.4 Å². The van der Waals surface area contributed by atoms with Crippen molar-refractivity contribution in [1.82, 2.24) is 4.90 Å². The largest absolute Gasteiger partial charge is 0.494 e. The summed E-state index contributed by atoms with van der Waals surface area (Å²) in [4.78, 5) is 15.2. The molecule has 1 unspecified atom stereocenters. The highest BCUT2D eigenvalue weighted by Gasteiger charge is 2.24. The highest BCUT2D eigenvalue weighted by Crippen LogP contribution is 2.33. The van der Waals surface area contributed by atoms with E-state index < -0.39 is 0 Å². The Bertz CT molecular complexity index is 434. The number of methoxy groups -OCH3 is 1. The van der Waals surface area contributed by atoms with Gasteiger partial charge in [-0.05, 0) is 37.8 Å². The highest BCUT2D eigenvalue weighted by atomic mass is 16.5. The first kappa shape index (κ1) is 12.8. The molecule has 0 radical (unpaired) electrons. The number of nitroso groups, excluding NO2 is 1. The van der Waals surface area contributed by atoms with Crippen molar-refractivity contribution in [3.05, 3.63) is 23.1 Å². The summed E-state index contributed by atoms with van der Waals surface area (Å²) in [5.41, 5.74) is 1.44. The number of anilines is 1. The molecule has 5 nitrogen and oxygen atoms in total. The number of benzene rings is 1. The Balaban J connectivity index is 2.17. The van der Waals surface area contributed by atoms with Gasteiger partial charge >= 0.3 is 0 Å². The van der Waals surface area contributed by atoms with E-state index in [1.165, 1.54) is 0 Å². The van der Waals surface area contributed by atoms with Crippen molar-refractivity contribution in [1.29, 1.82) is 0 Å². The molecule has 0 N–H and O–H groups in total. The molecular weight excluding hydrogens is 230 g/mol. The molecule has 18 heavy (non-hydrogen) atoms. The van der Waals surface area contributed by atoms with E-state index in [1.54, 1.807) is 13.2 Å². The van der Waals surface area contributed by atoms with Crippen LogP contribution in [0.5, 0.6) is 5.75 Å². The molecule has 2 rings (SSSR count). The monoisotopic (exact) mass is 249 g/mol. The quantitative estimate of drug-likeness (QED) is 0.768. The number of hydrogen-bond acceptors (Lipinski definition) is 5. The van der Waals surface area contributed by atoms with E-state index in [0.29, 0.717) is 17.5 Å². The van der Waals surface area contributed by atoms with Gasteiger partial charge in [-0.3, -0.25) is 0 Å². The second-order valence-corrected chi connectivity index (χ2v) is 4.80. The number of likely N-dealkylation sites (N-methyl/N-ethyl adjacent to an activating group) is 1. The molecule has 98 valence electrons. The maximum atomic E-state index is 10.6. The SMILES string of the molecule is COc1cc(N2CCC(N(C)C)C2)ccc1N=O. The van der Waals surface area contributed by atoms with Gasteiger partial charge in [0.25, 0.3) is 0 Å². The van der Waals surface area contributed by atoms with Crippen LogP contribution in [-0.4, -0.2) is 45.2 Å². The molecule has 1 aliphatic heterocycles. The molecule has 1 aromatic carbocycles. The minimum atomic E-state index is 0.351. The van der Waals surface area contributed by atoms with Crippen LogP contribution in [0, 0.1) is 4.91 Å². The Morgan fingerprint density at radius 1 is 1.44 bits per heavy atom. The van der Waals surface area contributed by atoms with E-state index in [9.17, 15) is 4.91 Å². The lowest BCUT2D eigenvalue weighted by Gasteiger charge is -2.22. The fourth-order valence-corrected chi connectivity index (χ4v) is 2.34. The molecule has 1 fully saturated rings. The van der Waals surface area contributed by atoms with E-state index in [-0.39, 0.29) is 0 Å². The van der Waals surface area contributed by atoms with Crippen molar-refractivity contribution < 1.29 is 4.74 Å². The molecular formula is C13H19N3O2. The Hall–Kier alpha value is -1.62. The van der Waals surface area contributed by atoms with Gasteiger partial charge in [0.1, 0.15) is 11.4 Å². The van der Waals surface area contributed by atoms with Crippen molar-refractivity contribution in [2.24, 2.45) is 5.18 Å². The Kier molecular flexibility index (Phi) is 3.81. The fraction of sp³-hybridized carbons (Fsp3) is 0.538. The molecule has 1 aromatic rings. The highest BCUT2D eigenvalue weighted by molar-refractivity contribution is 5.62. The lowest BCUT2D eigenvalue weighted by Crippen LogP contribution is -2.31. The van der Waals surface area contributed by atoms with Crippen molar-refractivity contribution >= 4 is 11.4 Å². The van der Waals surface area contributed by atoms with Gasteiger partial charge in [0, 0.05) is 30.9 Å². The first-order chi connectivity index (χ1) is 8.65. The molecule has 0 saturated carbocycles. The van der Waals surface area contributed by atoms with Crippen LogP contribution in [-0.2, 0) is 0 Å². The molecule has 0 aliphatic carbocycles. The second-order valence-electron chi connectivity index (χ2n) is 4.80. The zero-order valence-electron chi connectivity index (χ0n) is 11.1. The maximum Gasteiger partial charge on any atom is 0.150 e. The molecule has 1 atom stereocenters. The van der Waals surface area contributed by atoms with Gasteiger partial charge in [0.05, 0.1) is 7.11 Å². The van der Waals surface area contributed by atoms with Crippen LogP contribution in [0.3, 0.4) is 0 Å². The third-order valence-corrected chi connectivity index (χ3v) is 3.52. The van der Waals surface area contributed by atoms with Crippen LogP contribution < -0.4 is 9.64 Å². The predicted octanol–water partition coefficient (Wildman–Crippen LogP) is 2.23. The molecule has 0 spiro atoms. The van der Waals surface area contributed by atoms with Crippen molar-refractivity contribution in [3.63, 3.8) is 0 Å². The lowest BCUT2D eigenvalue weighted by atomic mass is 10.2. The molecule has 1 aliphatic rings. The van der Waals surface area contributed by atoms with Gasteiger partial charge in [0.15, 0.2) is 0 Å². The van der Waals surface area contributed by atoms with Gasteiger partial charge in [-0.2, -0.15) is 0 Å². The molecule has 0 aromatic heterocycles.